The summed E-state index contributed by atoms with van der Waals surface area (Å²) in [6.45, 7) is 4.02. The Morgan fingerprint density at radius 2 is 1.79 bits per heavy atom. The van der Waals surface area contributed by atoms with Crippen molar-refractivity contribution in [3.05, 3.63) is 71.9 Å². The van der Waals surface area contributed by atoms with E-state index in [0.29, 0.717) is 18.0 Å². The topological polar surface area (TPSA) is 83.4 Å². The molecule has 1 aromatic heterocycles. The molecule has 0 atom stereocenters. The lowest BCUT2D eigenvalue weighted by Crippen LogP contribution is -2.38. The second kappa shape index (κ2) is 9.52. The minimum Gasteiger partial charge on any atom is -0.357 e. The van der Waals surface area contributed by atoms with Gasteiger partial charge in [0.05, 0.1) is 17.0 Å². The molecule has 0 amide bonds. The van der Waals surface area contributed by atoms with E-state index in [2.05, 4.69) is 20.6 Å². The van der Waals surface area contributed by atoms with E-state index in [0.717, 1.165) is 41.0 Å². The minimum atomic E-state index is -3.16. The van der Waals surface area contributed by atoms with Gasteiger partial charge in [-0.1, -0.05) is 36.4 Å². The van der Waals surface area contributed by atoms with E-state index in [-0.39, 0.29) is 0 Å². The highest BCUT2D eigenvalue weighted by molar-refractivity contribution is 7.90. The van der Waals surface area contributed by atoms with E-state index < -0.39 is 9.84 Å². The van der Waals surface area contributed by atoms with Crippen molar-refractivity contribution in [1.29, 1.82) is 0 Å². The molecule has 0 saturated heterocycles. The van der Waals surface area contributed by atoms with E-state index in [1.54, 1.807) is 18.3 Å². The molecule has 2 aromatic carbocycles. The maximum absolute atomic E-state index is 11.5. The number of guanidine groups is 1. The lowest BCUT2D eigenvalue weighted by Gasteiger charge is -2.12. The monoisotopic (exact) mass is 410 g/mol. The zero-order valence-electron chi connectivity index (χ0n) is 16.7. The average molecular weight is 411 g/mol. The van der Waals surface area contributed by atoms with Crippen LogP contribution in [-0.4, -0.2) is 38.7 Å². The normalized spacial score (nSPS) is 12.1. The van der Waals surface area contributed by atoms with Gasteiger partial charge in [-0.25, -0.2) is 13.4 Å². The minimum absolute atomic E-state index is 0.341. The van der Waals surface area contributed by atoms with Crippen LogP contribution in [0.2, 0.25) is 0 Å². The van der Waals surface area contributed by atoms with Crippen LogP contribution < -0.4 is 10.6 Å². The summed E-state index contributed by atoms with van der Waals surface area (Å²) < 4.78 is 23.1. The third kappa shape index (κ3) is 5.77. The van der Waals surface area contributed by atoms with Crippen LogP contribution in [0.5, 0.6) is 0 Å². The first-order chi connectivity index (χ1) is 14.0. The van der Waals surface area contributed by atoms with Gasteiger partial charge in [0.25, 0.3) is 0 Å². The summed E-state index contributed by atoms with van der Waals surface area (Å²) in [7, 11) is -3.16. The highest BCUT2D eigenvalue weighted by Gasteiger charge is 2.06. The highest BCUT2D eigenvalue weighted by Crippen LogP contribution is 2.16. The molecule has 0 aliphatic heterocycles. The maximum Gasteiger partial charge on any atom is 0.191 e. The van der Waals surface area contributed by atoms with Gasteiger partial charge < -0.3 is 10.6 Å². The number of nitrogens with zero attached hydrogens (tertiary/aromatic N) is 2. The van der Waals surface area contributed by atoms with Gasteiger partial charge >= 0.3 is 0 Å². The summed E-state index contributed by atoms with van der Waals surface area (Å²) >= 11 is 0. The van der Waals surface area contributed by atoms with E-state index in [1.807, 2.05) is 49.4 Å². The Hall–Kier alpha value is -2.93. The summed E-state index contributed by atoms with van der Waals surface area (Å²) in [5, 5.41) is 7.70. The number of hydrogen-bond acceptors (Lipinski definition) is 4. The second-order valence-electron chi connectivity index (χ2n) is 6.78. The molecule has 0 radical (unpaired) electrons. The first-order valence-electron chi connectivity index (χ1n) is 9.61. The van der Waals surface area contributed by atoms with Gasteiger partial charge in [-0.15, -0.1) is 0 Å². The number of pyridine rings is 1. The fourth-order valence-corrected chi connectivity index (χ4v) is 3.66. The van der Waals surface area contributed by atoms with Crippen LogP contribution in [0, 0.1) is 0 Å². The van der Waals surface area contributed by atoms with E-state index in [4.69, 9.17) is 0 Å². The van der Waals surface area contributed by atoms with Gasteiger partial charge in [-0.2, -0.15) is 0 Å². The Bertz CT molecular complexity index is 1090. The molecule has 0 unspecified atom stereocenters. The number of hydrogen-bond donors (Lipinski definition) is 2. The molecule has 3 rings (SSSR count). The molecule has 0 bridgehead atoms. The van der Waals surface area contributed by atoms with E-state index >= 15 is 0 Å². The summed E-state index contributed by atoms with van der Waals surface area (Å²) in [5.74, 6) is 0.744. The van der Waals surface area contributed by atoms with Crippen molar-refractivity contribution in [2.45, 2.75) is 24.8 Å². The average Bonchev–Trinajstić information content (AvgIpc) is 2.71. The Labute approximate surface area is 172 Å². The predicted octanol–water partition coefficient (Wildman–Crippen LogP) is 2.94. The largest absolute Gasteiger partial charge is 0.357 e. The fraction of sp³-hybridized carbons (Fsp3) is 0.273. The van der Waals surface area contributed by atoms with Gasteiger partial charge in [0.2, 0.25) is 0 Å². The third-order valence-electron chi connectivity index (χ3n) is 4.53. The van der Waals surface area contributed by atoms with Crippen molar-refractivity contribution in [2.75, 3.05) is 19.3 Å². The van der Waals surface area contributed by atoms with Crippen molar-refractivity contribution in [1.82, 2.24) is 15.6 Å². The van der Waals surface area contributed by atoms with Crippen LogP contribution in [-0.2, 0) is 22.8 Å². The SMILES string of the molecule is CCNC(=NCc1cccc2cccnc12)NCCc1ccc(S(C)(=O)=O)cc1. The number of aromatic nitrogens is 1. The standard InChI is InChI=1S/C22H26N4O2S/c1-3-23-22(25-15-13-17-9-11-20(12-10-17)29(2,27)28)26-16-19-7-4-6-18-8-5-14-24-21(18)19/h4-12,14H,3,13,15-16H2,1-2H3,(H2,23,25,26). The van der Waals surface area contributed by atoms with Gasteiger partial charge in [-0.05, 0) is 42.7 Å². The first-order valence-corrected chi connectivity index (χ1v) is 11.5. The van der Waals surface area contributed by atoms with Crippen molar-refractivity contribution in [3.63, 3.8) is 0 Å². The number of para-hydroxylation sites is 1. The van der Waals surface area contributed by atoms with Crippen molar-refractivity contribution >= 4 is 26.7 Å². The number of fused-ring (bicyclic) bond motifs is 1. The molecule has 0 aliphatic carbocycles. The van der Waals surface area contributed by atoms with Crippen LogP contribution in [0.15, 0.2) is 70.7 Å². The molecular formula is C22H26N4O2S. The zero-order valence-corrected chi connectivity index (χ0v) is 17.5. The molecule has 0 saturated carbocycles. The lowest BCUT2D eigenvalue weighted by molar-refractivity contribution is 0.602. The van der Waals surface area contributed by atoms with Crippen LogP contribution in [0.3, 0.4) is 0 Å². The molecule has 152 valence electrons. The number of sulfone groups is 1. The van der Waals surface area contributed by atoms with Crippen LogP contribution in [0.4, 0.5) is 0 Å². The van der Waals surface area contributed by atoms with Gasteiger partial charge in [0, 0.05) is 30.9 Å². The molecule has 7 heteroatoms. The zero-order chi connectivity index (χ0) is 20.7. The van der Waals surface area contributed by atoms with Crippen molar-refractivity contribution in [2.24, 2.45) is 4.99 Å². The summed E-state index contributed by atoms with van der Waals surface area (Å²) in [6, 6.07) is 17.1. The van der Waals surface area contributed by atoms with Crippen molar-refractivity contribution in [3.8, 4) is 0 Å². The predicted molar refractivity (Wildman–Crippen MR) is 118 cm³/mol. The van der Waals surface area contributed by atoms with Crippen LogP contribution >= 0.6 is 0 Å². The van der Waals surface area contributed by atoms with Crippen molar-refractivity contribution < 1.29 is 8.42 Å². The molecule has 6 nitrogen and oxygen atoms in total. The second-order valence-corrected chi connectivity index (χ2v) is 8.80. The quantitative estimate of drug-likeness (QED) is 0.462. The third-order valence-corrected chi connectivity index (χ3v) is 5.65. The summed E-state index contributed by atoms with van der Waals surface area (Å²) in [5.41, 5.74) is 3.12. The molecule has 3 aromatic rings. The number of aliphatic imine (C=N–C) groups is 1. The number of nitrogens with one attached hydrogen (secondary N) is 2. The molecule has 1 heterocycles. The van der Waals surface area contributed by atoms with Crippen LogP contribution in [0.25, 0.3) is 10.9 Å². The molecule has 0 fully saturated rings. The summed E-state index contributed by atoms with van der Waals surface area (Å²) in [6.07, 6.45) is 3.78. The Kier molecular flexibility index (Phi) is 6.82. The molecule has 0 spiro atoms. The first kappa shape index (κ1) is 20.8. The molecule has 0 aliphatic rings. The Balaban J connectivity index is 1.62. The van der Waals surface area contributed by atoms with Crippen LogP contribution in [0.1, 0.15) is 18.1 Å². The smallest absolute Gasteiger partial charge is 0.191 e. The molecular weight excluding hydrogens is 384 g/mol. The number of benzene rings is 2. The molecule has 2 N–H and O–H groups in total. The van der Waals surface area contributed by atoms with Gasteiger partial charge in [-0.3, -0.25) is 4.98 Å². The van der Waals surface area contributed by atoms with E-state index in [1.165, 1.54) is 6.26 Å². The van der Waals surface area contributed by atoms with Gasteiger partial charge in [0.1, 0.15) is 0 Å². The molecule has 29 heavy (non-hydrogen) atoms. The lowest BCUT2D eigenvalue weighted by atomic mass is 10.1. The summed E-state index contributed by atoms with van der Waals surface area (Å²) in [4.78, 5) is 9.51. The Morgan fingerprint density at radius 1 is 1.03 bits per heavy atom. The maximum atomic E-state index is 11.5. The van der Waals surface area contributed by atoms with E-state index in [9.17, 15) is 8.42 Å². The number of rotatable bonds is 7. The highest BCUT2D eigenvalue weighted by atomic mass is 32.2. The Morgan fingerprint density at radius 3 is 2.52 bits per heavy atom. The fourth-order valence-electron chi connectivity index (χ4n) is 3.03. The van der Waals surface area contributed by atoms with Gasteiger partial charge in [0.15, 0.2) is 15.8 Å².